The molecule has 5 heteroatoms. The van der Waals surface area contributed by atoms with Gasteiger partial charge in [0.1, 0.15) is 0 Å². The first-order valence-corrected chi connectivity index (χ1v) is 7.04. The Labute approximate surface area is 87.4 Å². The maximum Gasteiger partial charge on any atom is 0.151 e. The fourth-order valence-electron chi connectivity index (χ4n) is 0.972. The molecule has 0 fully saturated rings. The molecule has 0 spiro atoms. The van der Waals surface area contributed by atoms with Crippen molar-refractivity contribution >= 4 is 9.84 Å². The maximum atomic E-state index is 11.0. The van der Waals surface area contributed by atoms with Crippen LogP contribution in [-0.4, -0.2) is 46.1 Å². The summed E-state index contributed by atoms with van der Waals surface area (Å²) in [6, 6.07) is 0. The first-order valence-electron chi connectivity index (χ1n) is 5.08. The number of sulfone groups is 1. The smallest absolute Gasteiger partial charge is 0.151 e. The zero-order valence-electron chi connectivity index (χ0n) is 9.34. The minimum atomic E-state index is -2.88. The van der Waals surface area contributed by atoms with Crippen LogP contribution in [0.2, 0.25) is 0 Å². The van der Waals surface area contributed by atoms with E-state index in [0.717, 1.165) is 26.1 Å². The Balaban J connectivity index is 3.37. The fourth-order valence-corrected chi connectivity index (χ4v) is 1.39. The number of rotatable bonds is 8. The molecule has 0 radical (unpaired) electrons. The van der Waals surface area contributed by atoms with Gasteiger partial charge in [-0.05, 0) is 33.0 Å². The predicted molar refractivity (Wildman–Crippen MR) is 60.3 cm³/mol. The van der Waals surface area contributed by atoms with Crippen LogP contribution in [0.5, 0.6) is 0 Å². The first-order chi connectivity index (χ1) is 6.48. The Morgan fingerprint density at radius 2 is 1.79 bits per heavy atom. The van der Waals surface area contributed by atoms with Crippen molar-refractivity contribution in [2.24, 2.45) is 0 Å². The molecule has 0 aromatic heterocycles. The Hall–Kier alpha value is -0.130. The summed E-state index contributed by atoms with van der Waals surface area (Å²) in [5, 5.41) is 6.05. The number of nitrogens with one attached hydrogen (secondary N) is 2. The van der Waals surface area contributed by atoms with Crippen molar-refractivity contribution in [1.82, 2.24) is 10.6 Å². The molecular weight excluding hydrogens is 200 g/mol. The summed E-state index contributed by atoms with van der Waals surface area (Å²) in [6.07, 6.45) is 2.31. The topological polar surface area (TPSA) is 58.2 Å². The minimum absolute atomic E-state index is 0.290. The van der Waals surface area contributed by atoms with Gasteiger partial charge in [0.05, 0.1) is 5.25 Å². The first kappa shape index (κ1) is 13.9. The van der Waals surface area contributed by atoms with Gasteiger partial charge in [-0.2, -0.15) is 0 Å². The third kappa shape index (κ3) is 7.29. The van der Waals surface area contributed by atoms with E-state index in [1.54, 1.807) is 6.92 Å². The van der Waals surface area contributed by atoms with E-state index < -0.39 is 9.84 Å². The van der Waals surface area contributed by atoms with Crippen LogP contribution < -0.4 is 10.6 Å². The second kappa shape index (κ2) is 7.20. The fraction of sp³-hybridized carbons (Fsp3) is 1.00. The van der Waals surface area contributed by atoms with Crippen LogP contribution in [0.3, 0.4) is 0 Å². The second-order valence-corrected chi connectivity index (χ2v) is 6.02. The Bertz CT molecular complexity index is 227. The molecule has 0 aliphatic rings. The summed E-state index contributed by atoms with van der Waals surface area (Å²) in [5.41, 5.74) is 0. The van der Waals surface area contributed by atoms with Gasteiger partial charge in [-0.1, -0.05) is 6.92 Å². The van der Waals surface area contributed by atoms with E-state index in [2.05, 4.69) is 17.6 Å². The molecular formula is C9H22N2O2S. The molecule has 0 bridgehead atoms. The molecule has 0 aromatic rings. The Kier molecular flexibility index (Phi) is 7.13. The van der Waals surface area contributed by atoms with E-state index in [1.807, 2.05) is 0 Å². The van der Waals surface area contributed by atoms with Gasteiger partial charge in [-0.25, -0.2) is 8.42 Å². The van der Waals surface area contributed by atoms with Gasteiger partial charge in [0.15, 0.2) is 9.84 Å². The average Bonchev–Trinajstić information content (AvgIpc) is 2.09. The SMILES string of the molecule is CCNCCCNCC(C)S(C)(=O)=O. The van der Waals surface area contributed by atoms with Gasteiger partial charge in [0, 0.05) is 12.8 Å². The number of hydrogen-bond donors (Lipinski definition) is 2. The zero-order valence-corrected chi connectivity index (χ0v) is 10.2. The van der Waals surface area contributed by atoms with Crippen molar-refractivity contribution in [2.75, 3.05) is 32.4 Å². The van der Waals surface area contributed by atoms with E-state index in [1.165, 1.54) is 6.26 Å². The van der Waals surface area contributed by atoms with Gasteiger partial charge < -0.3 is 10.6 Å². The summed E-state index contributed by atoms with van der Waals surface area (Å²) in [5.74, 6) is 0. The molecule has 2 N–H and O–H groups in total. The zero-order chi connectivity index (χ0) is 11.0. The van der Waals surface area contributed by atoms with Gasteiger partial charge in [0.2, 0.25) is 0 Å². The highest BCUT2D eigenvalue weighted by Gasteiger charge is 2.13. The summed E-state index contributed by atoms with van der Waals surface area (Å²) in [7, 11) is -2.88. The summed E-state index contributed by atoms with van der Waals surface area (Å²) in [6.45, 7) is 7.18. The quantitative estimate of drug-likeness (QED) is 0.568. The molecule has 0 saturated heterocycles. The normalized spacial score (nSPS) is 14.2. The van der Waals surface area contributed by atoms with Crippen molar-refractivity contribution in [1.29, 1.82) is 0 Å². The molecule has 0 aliphatic carbocycles. The van der Waals surface area contributed by atoms with Gasteiger partial charge in [-0.15, -0.1) is 0 Å². The maximum absolute atomic E-state index is 11.0. The van der Waals surface area contributed by atoms with E-state index in [0.29, 0.717) is 6.54 Å². The monoisotopic (exact) mass is 222 g/mol. The number of hydrogen-bond acceptors (Lipinski definition) is 4. The highest BCUT2D eigenvalue weighted by atomic mass is 32.2. The van der Waals surface area contributed by atoms with Crippen LogP contribution >= 0.6 is 0 Å². The van der Waals surface area contributed by atoms with E-state index in [4.69, 9.17) is 0 Å². The lowest BCUT2D eigenvalue weighted by atomic mass is 10.4. The lowest BCUT2D eigenvalue weighted by Gasteiger charge is -2.10. The van der Waals surface area contributed by atoms with Crippen LogP contribution in [0.4, 0.5) is 0 Å². The van der Waals surface area contributed by atoms with Crippen molar-refractivity contribution in [3.63, 3.8) is 0 Å². The van der Waals surface area contributed by atoms with E-state index >= 15 is 0 Å². The highest BCUT2D eigenvalue weighted by Crippen LogP contribution is 1.94. The molecule has 0 heterocycles. The Morgan fingerprint density at radius 1 is 1.21 bits per heavy atom. The third-order valence-electron chi connectivity index (χ3n) is 2.12. The van der Waals surface area contributed by atoms with Crippen LogP contribution in [0, 0.1) is 0 Å². The summed E-state index contributed by atoms with van der Waals surface area (Å²) >= 11 is 0. The molecule has 1 unspecified atom stereocenters. The van der Waals surface area contributed by atoms with E-state index in [-0.39, 0.29) is 5.25 Å². The molecule has 0 saturated carbocycles. The van der Waals surface area contributed by atoms with Crippen LogP contribution in [0.25, 0.3) is 0 Å². The van der Waals surface area contributed by atoms with Crippen molar-refractivity contribution in [3.05, 3.63) is 0 Å². The highest BCUT2D eigenvalue weighted by molar-refractivity contribution is 7.91. The van der Waals surface area contributed by atoms with Crippen molar-refractivity contribution in [3.8, 4) is 0 Å². The molecule has 0 aromatic carbocycles. The largest absolute Gasteiger partial charge is 0.317 e. The lowest BCUT2D eigenvalue weighted by molar-refractivity contribution is 0.567. The average molecular weight is 222 g/mol. The molecule has 0 rings (SSSR count). The van der Waals surface area contributed by atoms with Crippen molar-refractivity contribution in [2.45, 2.75) is 25.5 Å². The predicted octanol–water partition coefficient (Wildman–Crippen LogP) is 0.00870. The second-order valence-electron chi connectivity index (χ2n) is 3.55. The molecule has 14 heavy (non-hydrogen) atoms. The molecule has 1 atom stereocenters. The summed E-state index contributed by atoms with van der Waals surface area (Å²) < 4.78 is 22.1. The van der Waals surface area contributed by atoms with Crippen LogP contribution in [0.15, 0.2) is 0 Å². The molecule has 0 amide bonds. The standard InChI is InChI=1S/C9H22N2O2S/c1-4-10-6-5-7-11-8-9(2)14(3,12)13/h9-11H,4-8H2,1-3H3. The lowest BCUT2D eigenvalue weighted by Crippen LogP contribution is -2.32. The molecule has 86 valence electrons. The van der Waals surface area contributed by atoms with Crippen molar-refractivity contribution < 1.29 is 8.42 Å². The Morgan fingerprint density at radius 3 is 2.29 bits per heavy atom. The molecule has 0 aliphatic heterocycles. The van der Waals surface area contributed by atoms with Gasteiger partial charge in [-0.3, -0.25) is 0 Å². The van der Waals surface area contributed by atoms with Crippen LogP contribution in [-0.2, 0) is 9.84 Å². The van der Waals surface area contributed by atoms with Gasteiger partial charge in [0.25, 0.3) is 0 Å². The molecule has 4 nitrogen and oxygen atoms in total. The minimum Gasteiger partial charge on any atom is -0.317 e. The third-order valence-corrected chi connectivity index (χ3v) is 3.75. The summed E-state index contributed by atoms with van der Waals surface area (Å²) in [4.78, 5) is 0. The van der Waals surface area contributed by atoms with Crippen LogP contribution in [0.1, 0.15) is 20.3 Å². The van der Waals surface area contributed by atoms with E-state index in [9.17, 15) is 8.42 Å². The van der Waals surface area contributed by atoms with Gasteiger partial charge >= 0.3 is 0 Å².